The molecule has 1 unspecified atom stereocenters. The van der Waals surface area contributed by atoms with Gasteiger partial charge in [0.05, 0.1) is 12.5 Å². The molecule has 2 heterocycles. The number of fused-ring (bicyclic) bond motifs is 1. The van der Waals surface area contributed by atoms with Crippen molar-refractivity contribution in [3.8, 4) is 11.5 Å². The van der Waals surface area contributed by atoms with Crippen LogP contribution in [0.2, 0.25) is 0 Å². The van der Waals surface area contributed by atoms with Gasteiger partial charge in [-0.2, -0.15) is 0 Å². The molecule has 2 amide bonds. The minimum Gasteiger partial charge on any atom is -0.454 e. The lowest BCUT2D eigenvalue weighted by molar-refractivity contribution is -0.163. The average molecular weight is 421 g/mol. The van der Waals surface area contributed by atoms with Crippen LogP contribution in [0.5, 0.6) is 11.5 Å². The SMILES string of the molecule is CN(C)c1ccc(NC(=O)C2(N3C(=O)CC3c3ccc4c(c3)OCO4)CCCC2)cc1. The molecule has 1 saturated heterocycles. The van der Waals surface area contributed by atoms with Crippen molar-refractivity contribution < 1.29 is 19.1 Å². The molecule has 2 aliphatic heterocycles. The van der Waals surface area contributed by atoms with Crippen LogP contribution in [0.1, 0.15) is 43.7 Å². The molecular weight excluding hydrogens is 394 g/mol. The Labute approximate surface area is 181 Å². The molecule has 2 aromatic carbocycles. The van der Waals surface area contributed by atoms with Crippen LogP contribution in [0.15, 0.2) is 42.5 Å². The maximum atomic E-state index is 13.5. The van der Waals surface area contributed by atoms with E-state index in [-0.39, 0.29) is 24.6 Å². The minimum atomic E-state index is -0.809. The first-order valence-corrected chi connectivity index (χ1v) is 10.8. The van der Waals surface area contributed by atoms with Crippen LogP contribution in [0.25, 0.3) is 0 Å². The fraction of sp³-hybridized carbons (Fsp3) is 0.417. The van der Waals surface area contributed by atoms with Gasteiger partial charge in [-0.3, -0.25) is 9.59 Å². The Balaban J connectivity index is 1.40. The van der Waals surface area contributed by atoms with E-state index < -0.39 is 5.54 Å². The van der Waals surface area contributed by atoms with Crippen molar-refractivity contribution in [2.24, 2.45) is 0 Å². The summed E-state index contributed by atoms with van der Waals surface area (Å²) in [5.74, 6) is 1.35. The smallest absolute Gasteiger partial charge is 0.250 e. The Hall–Kier alpha value is -3.22. The number of hydrogen-bond acceptors (Lipinski definition) is 5. The first-order chi connectivity index (χ1) is 15.0. The number of nitrogens with one attached hydrogen (secondary N) is 1. The molecule has 2 fully saturated rings. The minimum absolute atomic E-state index is 0.0303. The van der Waals surface area contributed by atoms with Crippen molar-refractivity contribution in [2.75, 3.05) is 31.1 Å². The number of β-lactam (4-membered cyclic amide) rings is 1. The molecule has 31 heavy (non-hydrogen) atoms. The highest BCUT2D eigenvalue weighted by atomic mass is 16.7. The van der Waals surface area contributed by atoms with Crippen LogP contribution in [-0.4, -0.2) is 43.1 Å². The van der Waals surface area contributed by atoms with Gasteiger partial charge in [-0.15, -0.1) is 0 Å². The second-order valence-corrected chi connectivity index (χ2v) is 8.73. The van der Waals surface area contributed by atoms with E-state index in [1.165, 1.54) is 0 Å². The summed E-state index contributed by atoms with van der Waals surface area (Å²) in [4.78, 5) is 30.2. The van der Waals surface area contributed by atoms with Crippen molar-refractivity contribution in [3.05, 3.63) is 48.0 Å². The predicted molar refractivity (Wildman–Crippen MR) is 117 cm³/mol. The topological polar surface area (TPSA) is 71.1 Å². The van der Waals surface area contributed by atoms with Gasteiger partial charge in [0.1, 0.15) is 5.54 Å². The zero-order chi connectivity index (χ0) is 21.6. The van der Waals surface area contributed by atoms with Crippen LogP contribution in [0, 0.1) is 0 Å². The standard InChI is InChI=1S/C24H27N3O4/c1-26(2)18-8-6-17(7-9-18)25-23(29)24(11-3-4-12-24)27-19(14-22(27)28)16-5-10-20-21(13-16)31-15-30-20/h5-10,13,19H,3-4,11-12,14-15H2,1-2H3,(H,25,29). The van der Waals surface area contributed by atoms with Crippen LogP contribution in [-0.2, 0) is 9.59 Å². The molecule has 0 bridgehead atoms. The average Bonchev–Trinajstić information content (AvgIpc) is 3.42. The van der Waals surface area contributed by atoms with Crippen molar-refractivity contribution in [1.29, 1.82) is 0 Å². The third-order valence-corrected chi connectivity index (χ3v) is 6.69. The molecule has 1 saturated carbocycles. The van der Waals surface area contributed by atoms with Gasteiger partial charge in [-0.25, -0.2) is 0 Å². The first kappa shape index (κ1) is 19.7. The Morgan fingerprint density at radius 3 is 2.45 bits per heavy atom. The van der Waals surface area contributed by atoms with E-state index in [0.717, 1.165) is 35.5 Å². The summed E-state index contributed by atoms with van der Waals surface area (Å²) < 4.78 is 10.9. The summed E-state index contributed by atoms with van der Waals surface area (Å²) >= 11 is 0. The highest BCUT2D eigenvalue weighted by molar-refractivity contribution is 6.02. The van der Waals surface area contributed by atoms with Crippen molar-refractivity contribution >= 4 is 23.2 Å². The van der Waals surface area contributed by atoms with E-state index in [1.807, 2.05) is 66.4 Å². The molecule has 3 aliphatic rings. The van der Waals surface area contributed by atoms with E-state index >= 15 is 0 Å². The number of nitrogens with zero attached hydrogens (tertiary/aromatic N) is 2. The number of amides is 2. The third-order valence-electron chi connectivity index (χ3n) is 6.69. The lowest BCUT2D eigenvalue weighted by atomic mass is 9.83. The molecule has 162 valence electrons. The van der Waals surface area contributed by atoms with E-state index in [4.69, 9.17) is 9.47 Å². The van der Waals surface area contributed by atoms with Gasteiger partial charge in [0.2, 0.25) is 18.6 Å². The molecule has 5 rings (SSSR count). The molecule has 0 spiro atoms. The molecule has 0 radical (unpaired) electrons. The lowest BCUT2D eigenvalue weighted by Gasteiger charge is -2.51. The largest absolute Gasteiger partial charge is 0.454 e. The van der Waals surface area contributed by atoms with Gasteiger partial charge in [-0.05, 0) is 54.8 Å². The van der Waals surface area contributed by atoms with Gasteiger partial charge in [0.25, 0.3) is 0 Å². The van der Waals surface area contributed by atoms with Crippen LogP contribution < -0.4 is 19.7 Å². The number of benzene rings is 2. The van der Waals surface area contributed by atoms with Gasteiger partial charge in [0, 0.05) is 25.5 Å². The Morgan fingerprint density at radius 2 is 1.77 bits per heavy atom. The highest BCUT2D eigenvalue weighted by Gasteiger charge is 2.55. The summed E-state index contributed by atoms with van der Waals surface area (Å²) in [5, 5.41) is 3.08. The molecular formula is C24H27N3O4. The molecule has 1 aliphatic carbocycles. The van der Waals surface area contributed by atoms with Gasteiger partial charge in [-0.1, -0.05) is 18.9 Å². The number of likely N-dealkylation sites (tertiary alicyclic amines) is 1. The number of carbonyl (C=O) groups is 2. The second kappa shape index (κ2) is 7.48. The quantitative estimate of drug-likeness (QED) is 0.746. The van der Waals surface area contributed by atoms with E-state index in [2.05, 4.69) is 5.32 Å². The van der Waals surface area contributed by atoms with E-state index in [0.29, 0.717) is 25.0 Å². The highest BCUT2D eigenvalue weighted by Crippen LogP contribution is 2.49. The van der Waals surface area contributed by atoms with Crippen LogP contribution >= 0.6 is 0 Å². The molecule has 7 heteroatoms. The van der Waals surface area contributed by atoms with Crippen molar-refractivity contribution in [3.63, 3.8) is 0 Å². The molecule has 1 N–H and O–H groups in total. The summed E-state index contributed by atoms with van der Waals surface area (Å²) in [6.45, 7) is 0.213. The molecule has 7 nitrogen and oxygen atoms in total. The number of ether oxygens (including phenoxy) is 2. The predicted octanol–water partition coefficient (Wildman–Crippen LogP) is 3.71. The number of rotatable bonds is 5. The normalized spacial score (nSPS) is 21.0. The molecule has 0 aromatic heterocycles. The zero-order valence-electron chi connectivity index (χ0n) is 17.9. The van der Waals surface area contributed by atoms with E-state index in [9.17, 15) is 9.59 Å². The maximum absolute atomic E-state index is 13.5. The van der Waals surface area contributed by atoms with Crippen LogP contribution in [0.3, 0.4) is 0 Å². The lowest BCUT2D eigenvalue weighted by Crippen LogP contribution is -2.64. The molecule has 1 atom stereocenters. The Bertz CT molecular complexity index is 1010. The third kappa shape index (κ3) is 3.28. The fourth-order valence-electron chi connectivity index (χ4n) is 4.97. The zero-order valence-corrected chi connectivity index (χ0v) is 17.9. The monoisotopic (exact) mass is 421 g/mol. The van der Waals surface area contributed by atoms with Gasteiger partial charge in [0.15, 0.2) is 11.5 Å². The maximum Gasteiger partial charge on any atom is 0.250 e. The number of anilines is 2. The van der Waals surface area contributed by atoms with Crippen molar-refractivity contribution in [2.45, 2.75) is 43.7 Å². The van der Waals surface area contributed by atoms with Gasteiger partial charge >= 0.3 is 0 Å². The van der Waals surface area contributed by atoms with E-state index in [1.54, 1.807) is 0 Å². The fourth-order valence-corrected chi connectivity index (χ4v) is 4.97. The van der Waals surface area contributed by atoms with Gasteiger partial charge < -0.3 is 24.6 Å². The second-order valence-electron chi connectivity index (χ2n) is 8.73. The number of hydrogen-bond donors (Lipinski definition) is 1. The van der Waals surface area contributed by atoms with Crippen molar-refractivity contribution in [1.82, 2.24) is 4.90 Å². The van der Waals surface area contributed by atoms with Crippen LogP contribution in [0.4, 0.5) is 11.4 Å². The molecule has 2 aromatic rings. The number of carbonyl (C=O) groups excluding carboxylic acids is 2. The summed E-state index contributed by atoms with van der Waals surface area (Å²) in [5.41, 5.74) is 1.98. The Kier molecular flexibility index (Phi) is 4.76. The Morgan fingerprint density at radius 1 is 1.06 bits per heavy atom. The first-order valence-electron chi connectivity index (χ1n) is 10.8. The summed E-state index contributed by atoms with van der Waals surface area (Å²) in [6.07, 6.45) is 3.64. The summed E-state index contributed by atoms with van der Waals surface area (Å²) in [6, 6.07) is 13.4. The summed E-state index contributed by atoms with van der Waals surface area (Å²) in [7, 11) is 3.96.